The third-order valence-electron chi connectivity index (χ3n) is 2.90. The second-order valence-corrected chi connectivity index (χ2v) is 4.36. The third kappa shape index (κ3) is 3.13. The van der Waals surface area contributed by atoms with E-state index in [0.717, 1.165) is 11.3 Å². The van der Waals surface area contributed by atoms with E-state index in [1.54, 1.807) is 0 Å². The molecule has 0 aliphatic carbocycles. The number of nitrogens with one attached hydrogen (secondary N) is 2. The van der Waals surface area contributed by atoms with Gasteiger partial charge in [-0.05, 0) is 31.7 Å². The molecule has 1 aliphatic heterocycles. The molecule has 1 heterocycles. The molecule has 0 fully saturated rings. The highest BCUT2D eigenvalue weighted by molar-refractivity contribution is 5.78. The van der Waals surface area contributed by atoms with Gasteiger partial charge in [0.25, 0.3) is 0 Å². The monoisotopic (exact) mass is 250 g/mol. The quantitative estimate of drug-likeness (QED) is 0.807. The fourth-order valence-corrected chi connectivity index (χ4v) is 1.67. The van der Waals surface area contributed by atoms with Crippen molar-refractivity contribution in [2.75, 3.05) is 20.4 Å². The Morgan fingerprint density at radius 3 is 2.94 bits per heavy atom. The Morgan fingerprint density at radius 2 is 2.17 bits per heavy atom. The van der Waals surface area contributed by atoms with E-state index < -0.39 is 0 Å². The van der Waals surface area contributed by atoms with Crippen LogP contribution >= 0.6 is 0 Å². The first-order valence-electron chi connectivity index (χ1n) is 6.01. The van der Waals surface area contributed by atoms with E-state index in [4.69, 9.17) is 9.47 Å². The van der Waals surface area contributed by atoms with Gasteiger partial charge in [0, 0.05) is 12.6 Å². The molecule has 0 bridgehead atoms. The minimum absolute atomic E-state index is 0.0102. The van der Waals surface area contributed by atoms with Gasteiger partial charge in [0.05, 0.1) is 6.42 Å². The number of hydrogen-bond acceptors (Lipinski definition) is 4. The van der Waals surface area contributed by atoms with Gasteiger partial charge in [-0.25, -0.2) is 0 Å². The SMILES string of the molecule is CNC(C)CNC(=O)Cc1ccc2c(c1)OCO2. The number of likely N-dealkylation sites (N-methyl/N-ethyl adjacent to an activating group) is 1. The van der Waals surface area contributed by atoms with Crippen molar-refractivity contribution in [3.63, 3.8) is 0 Å². The lowest BCUT2D eigenvalue weighted by Crippen LogP contribution is -2.37. The predicted molar refractivity (Wildman–Crippen MR) is 67.8 cm³/mol. The standard InChI is InChI=1S/C13H18N2O3/c1-9(14-2)7-15-13(16)6-10-3-4-11-12(5-10)18-8-17-11/h3-5,9,14H,6-8H2,1-2H3,(H,15,16). The van der Waals surface area contributed by atoms with Gasteiger partial charge in [-0.3, -0.25) is 4.79 Å². The summed E-state index contributed by atoms with van der Waals surface area (Å²) in [6.45, 7) is 2.89. The van der Waals surface area contributed by atoms with Crippen molar-refractivity contribution in [3.8, 4) is 11.5 Å². The Labute approximate surface area is 106 Å². The fourth-order valence-electron chi connectivity index (χ4n) is 1.67. The summed E-state index contributed by atoms with van der Waals surface area (Å²) in [5.41, 5.74) is 0.925. The second kappa shape index (κ2) is 5.73. The van der Waals surface area contributed by atoms with Gasteiger partial charge in [0.1, 0.15) is 0 Å². The molecule has 5 heteroatoms. The molecule has 0 radical (unpaired) electrons. The van der Waals surface area contributed by atoms with Crippen molar-refractivity contribution in [3.05, 3.63) is 23.8 Å². The molecule has 2 N–H and O–H groups in total. The van der Waals surface area contributed by atoms with Crippen LogP contribution in [0.5, 0.6) is 11.5 Å². The lowest BCUT2D eigenvalue weighted by molar-refractivity contribution is -0.120. The fraction of sp³-hybridized carbons (Fsp3) is 0.462. The zero-order valence-corrected chi connectivity index (χ0v) is 10.7. The Hall–Kier alpha value is -1.75. The van der Waals surface area contributed by atoms with E-state index in [9.17, 15) is 4.79 Å². The zero-order chi connectivity index (χ0) is 13.0. The molecule has 1 aromatic carbocycles. The molecule has 5 nitrogen and oxygen atoms in total. The summed E-state index contributed by atoms with van der Waals surface area (Å²) in [5.74, 6) is 1.46. The maximum atomic E-state index is 11.7. The summed E-state index contributed by atoms with van der Waals surface area (Å²) >= 11 is 0. The Kier molecular flexibility index (Phi) is 4.04. The molecule has 1 unspecified atom stereocenters. The number of carbonyl (C=O) groups excluding carboxylic acids is 1. The molecular weight excluding hydrogens is 232 g/mol. The number of rotatable bonds is 5. The van der Waals surface area contributed by atoms with Gasteiger partial charge in [0.2, 0.25) is 12.7 Å². The van der Waals surface area contributed by atoms with E-state index in [2.05, 4.69) is 10.6 Å². The third-order valence-corrected chi connectivity index (χ3v) is 2.90. The Bertz CT molecular complexity index is 434. The molecule has 0 aromatic heterocycles. The molecule has 1 aliphatic rings. The lowest BCUT2D eigenvalue weighted by atomic mass is 10.1. The number of carbonyl (C=O) groups is 1. The average Bonchev–Trinajstić information content (AvgIpc) is 2.83. The Balaban J connectivity index is 1.87. The van der Waals surface area contributed by atoms with Crippen molar-refractivity contribution in [1.29, 1.82) is 0 Å². The topological polar surface area (TPSA) is 59.6 Å². The van der Waals surface area contributed by atoms with Gasteiger partial charge >= 0.3 is 0 Å². The maximum absolute atomic E-state index is 11.7. The molecule has 0 saturated heterocycles. The molecule has 18 heavy (non-hydrogen) atoms. The van der Waals surface area contributed by atoms with E-state index in [1.165, 1.54) is 0 Å². The van der Waals surface area contributed by atoms with Crippen LogP contribution in [0.1, 0.15) is 12.5 Å². The van der Waals surface area contributed by atoms with E-state index in [0.29, 0.717) is 18.7 Å². The predicted octanol–water partition coefficient (Wildman–Crippen LogP) is 0.682. The molecule has 2 rings (SSSR count). The molecule has 1 amide bonds. The highest BCUT2D eigenvalue weighted by Crippen LogP contribution is 2.32. The van der Waals surface area contributed by atoms with Gasteiger partial charge in [-0.1, -0.05) is 6.07 Å². The number of hydrogen-bond donors (Lipinski definition) is 2. The molecule has 1 atom stereocenters. The van der Waals surface area contributed by atoms with E-state index in [-0.39, 0.29) is 18.7 Å². The van der Waals surface area contributed by atoms with Gasteiger partial charge in [-0.2, -0.15) is 0 Å². The van der Waals surface area contributed by atoms with Crippen LogP contribution in [-0.4, -0.2) is 32.3 Å². The van der Waals surface area contributed by atoms with Crippen LogP contribution in [0, 0.1) is 0 Å². The molecule has 98 valence electrons. The van der Waals surface area contributed by atoms with Crippen molar-refractivity contribution in [1.82, 2.24) is 10.6 Å². The summed E-state index contributed by atoms with van der Waals surface area (Å²) < 4.78 is 10.5. The average molecular weight is 250 g/mol. The van der Waals surface area contributed by atoms with Crippen molar-refractivity contribution in [2.45, 2.75) is 19.4 Å². The van der Waals surface area contributed by atoms with Crippen LogP contribution in [0.4, 0.5) is 0 Å². The van der Waals surface area contributed by atoms with Gasteiger partial charge in [0.15, 0.2) is 11.5 Å². The summed E-state index contributed by atoms with van der Waals surface area (Å²) in [7, 11) is 1.87. The van der Waals surface area contributed by atoms with Crippen molar-refractivity contribution in [2.24, 2.45) is 0 Å². The minimum Gasteiger partial charge on any atom is -0.454 e. The lowest BCUT2D eigenvalue weighted by Gasteiger charge is -2.11. The summed E-state index contributed by atoms with van der Waals surface area (Å²) in [5, 5.41) is 5.94. The first-order valence-corrected chi connectivity index (χ1v) is 6.01. The molecule has 0 spiro atoms. The van der Waals surface area contributed by atoms with Crippen LogP contribution in [0.25, 0.3) is 0 Å². The number of fused-ring (bicyclic) bond motifs is 1. The first kappa shape index (κ1) is 12.7. The summed E-state index contributed by atoms with van der Waals surface area (Å²) in [6, 6.07) is 5.84. The number of benzene rings is 1. The molecule has 0 saturated carbocycles. The molecule has 1 aromatic rings. The van der Waals surface area contributed by atoms with Crippen molar-refractivity contribution < 1.29 is 14.3 Å². The maximum Gasteiger partial charge on any atom is 0.231 e. The number of ether oxygens (including phenoxy) is 2. The first-order chi connectivity index (χ1) is 8.69. The summed E-state index contributed by atoms with van der Waals surface area (Å²) in [6.07, 6.45) is 0.354. The highest BCUT2D eigenvalue weighted by atomic mass is 16.7. The van der Waals surface area contributed by atoms with Crippen LogP contribution in [-0.2, 0) is 11.2 Å². The molecular formula is C13H18N2O3. The minimum atomic E-state index is 0.0102. The second-order valence-electron chi connectivity index (χ2n) is 4.36. The van der Waals surface area contributed by atoms with Crippen LogP contribution in [0.3, 0.4) is 0 Å². The highest BCUT2D eigenvalue weighted by Gasteiger charge is 2.14. The Morgan fingerprint density at radius 1 is 1.39 bits per heavy atom. The van der Waals surface area contributed by atoms with E-state index >= 15 is 0 Å². The van der Waals surface area contributed by atoms with Gasteiger partial charge < -0.3 is 20.1 Å². The zero-order valence-electron chi connectivity index (χ0n) is 10.7. The summed E-state index contributed by atoms with van der Waals surface area (Å²) in [4.78, 5) is 11.7. The number of amides is 1. The van der Waals surface area contributed by atoms with Crippen LogP contribution in [0.15, 0.2) is 18.2 Å². The normalized spacial score (nSPS) is 14.3. The van der Waals surface area contributed by atoms with Gasteiger partial charge in [-0.15, -0.1) is 0 Å². The van der Waals surface area contributed by atoms with E-state index in [1.807, 2.05) is 32.2 Å². The largest absolute Gasteiger partial charge is 0.454 e. The van der Waals surface area contributed by atoms with Crippen molar-refractivity contribution >= 4 is 5.91 Å². The van der Waals surface area contributed by atoms with Crippen LogP contribution < -0.4 is 20.1 Å². The smallest absolute Gasteiger partial charge is 0.231 e. The van der Waals surface area contributed by atoms with Crippen LogP contribution in [0.2, 0.25) is 0 Å².